The third-order valence-corrected chi connectivity index (χ3v) is 7.75. The average molecular weight is 317 g/mol. The monoisotopic (exact) mass is 316 g/mol. The molecule has 0 bridgehead atoms. The fourth-order valence-electron chi connectivity index (χ4n) is 2.85. The Morgan fingerprint density at radius 2 is 1.43 bits per heavy atom. The highest BCUT2D eigenvalue weighted by Crippen LogP contribution is 2.53. The summed E-state index contributed by atoms with van der Waals surface area (Å²) in [4.78, 5) is 0. The van der Waals surface area contributed by atoms with Crippen molar-refractivity contribution in [1.29, 1.82) is 0 Å². The second-order valence-corrected chi connectivity index (χ2v) is 13.0. The lowest BCUT2D eigenvalue weighted by Crippen LogP contribution is -2.24. The molecule has 1 nitrogen and oxygen atoms in total. The van der Waals surface area contributed by atoms with Crippen LogP contribution in [0.2, 0.25) is 0 Å². The van der Waals surface area contributed by atoms with Crippen molar-refractivity contribution in [2.45, 2.75) is 79.1 Å². The summed E-state index contributed by atoms with van der Waals surface area (Å²) in [5, 5.41) is 3.65. The summed E-state index contributed by atoms with van der Waals surface area (Å²) >= 11 is 0. The van der Waals surface area contributed by atoms with Gasteiger partial charge in [-0.3, -0.25) is 0 Å². The third-order valence-electron chi connectivity index (χ3n) is 4.66. The number of nitrogens with one attached hydrogen (secondary N) is 1. The van der Waals surface area contributed by atoms with Crippen LogP contribution in [-0.2, 0) is 0 Å². The van der Waals surface area contributed by atoms with Gasteiger partial charge in [-0.05, 0) is 44.2 Å². The Hall–Kier alpha value is 0.390. The fraction of sp³-hybridized carbons (Fsp3) is 1.00. The predicted octanol–water partition coefficient (Wildman–Crippen LogP) is 6.04. The van der Waals surface area contributed by atoms with E-state index in [1.54, 1.807) is 0 Å². The minimum Gasteiger partial charge on any atom is -0.317 e. The van der Waals surface area contributed by atoms with Gasteiger partial charge in [0.05, 0.1) is 12.3 Å². The minimum atomic E-state index is -0.620. The number of hydrogen-bond donors (Lipinski definition) is 1. The summed E-state index contributed by atoms with van der Waals surface area (Å²) < 4.78 is 0. The number of unbranched alkanes of at least 4 members (excludes halogenated alkanes) is 4. The second kappa shape index (κ2) is 11.9. The molecule has 0 unspecified atom stereocenters. The van der Waals surface area contributed by atoms with Gasteiger partial charge in [0.15, 0.2) is 0 Å². The highest BCUT2D eigenvalue weighted by atomic mass is 31.2. The molecule has 2 heteroatoms. The minimum absolute atomic E-state index is 0.514. The molecule has 0 saturated heterocycles. The van der Waals surface area contributed by atoms with Crippen molar-refractivity contribution in [3.05, 3.63) is 0 Å². The van der Waals surface area contributed by atoms with Crippen LogP contribution in [0.3, 0.4) is 0 Å². The molecule has 0 aliphatic rings. The van der Waals surface area contributed by atoms with Crippen molar-refractivity contribution in [2.75, 3.05) is 38.7 Å². The highest BCUT2D eigenvalue weighted by molar-refractivity contribution is 7.74. The van der Waals surface area contributed by atoms with Crippen LogP contribution >= 0.6 is 7.26 Å². The quantitative estimate of drug-likeness (QED) is 0.304. The summed E-state index contributed by atoms with van der Waals surface area (Å²) in [5.74, 6) is 0. The molecule has 0 aliphatic heterocycles. The Balaban J connectivity index is 3.63. The highest BCUT2D eigenvalue weighted by Gasteiger charge is 2.28. The van der Waals surface area contributed by atoms with Crippen LogP contribution in [0.25, 0.3) is 0 Å². The lowest BCUT2D eigenvalue weighted by molar-refractivity contribution is 0.317. The molecule has 0 saturated carbocycles. The van der Waals surface area contributed by atoms with E-state index in [1.807, 2.05) is 0 Å². The largest absolute Gasteiger partial charge is 0.317 e. The van der Waals surface area contributed by atoms with E-state index in [-0.39, 0.29) is 0 Å². The Morgan fingerprint density at radius 3 is 2.05 bits per heavy atom. The summed E-state index contributed by atoms with van der Waals surface area (Å²) in [5.41, 5.74) is 0.514. The average Bonchev–Trinajstić information content (AvgIpc) is 2.40. The SMILES string of the molecule is CCCCCCCNCCC(C)(C)CC[P+](C)(C)CCC. The molecular formula is C19H43NP+. The lowest BCUT2D eigenvalue weighted by Gasteiger charge is -2.27. The van der Waals surface area contributed by atoms with Crippen LogP contribution in [0, 0.1) is 5.41 Å². The first-order chi connectivity index (χ1) is 9.83. The van der Waals surface area contributed by atoms with Gasteiger partial charge in [-0.15, -0.1) is 0 Å². The van der Waals surface area contributed by atoms with Gasteiger partial charge in [0.2, 0.25) is 0 Å². The van der Waals surface area contributed by atoms with Gasteiger partial charge in [-0.2, -0.15) is 0 Å². The first kappa shape index (κ1) is 21.4. The number of rotatable bonds is 14. The Bertz CT molecular complexity index is 236. The van der Waals surface area contributed by atoms with Gasteiger partial charge in [-0.25, -0.2) is 0 Å². The van der Waals surface area contributed by atoms with Crippen LogP contribution in [0.4, 0.5) is 0 Å². The molecule has 0 heterocycles. The van der Waals surface area contributed by atoms with Crippen molar-refractivity contribution in [3.8, 4) is 0 Å². The van der Waals surface area contributed by atoms with E-state index in [1.165, 1.54) is 76.8 Å². The molecule has 0 amide bonds. The molecular weight excluding hydrogens is 273 g/mol. The molecule has 0 aromatic carbocycles. The first-order valence-electron chi connectivity index (χ1n) is 9.36. The number of hydrogen-bond acceptors (Lipinski definition) is 1. The molecule has 0 aliphatic carbocycles. The summed E-state index contributed by atoms with van der Waals surface area (Å²) in [6, 6.07) is 0. The van der Waals surface area contributed by atoms with Gasteiger partial charge < -0.3 is 5.32 Å². The second-order valence-electron chi connectivity index (χ2n) is 8.21. The molecule has 1 N–H and O–H groups in total. The standard InChI is InChI=1S/C19H43NP/c1-7-9-10-11-12-15-20-16-13-19(3,4)14-18-21(5,6)17-8-2/h20H,7-18H2,1-6H3/q+1. The molecule has 21 heavy (non-hydrogen) atoms. The van der Waals surface area contributed by atoms with Gasteiger partial charge >= 0.3 is 0 Å². The third kappa shape index (κ3) is 13.8. The van der Waals surface area contributed by atoms with Crippen LogP contribution < -0.4 is 5.32 Å². The fourth-order valence-corrected chi connectivity index (χ4v) is 5.50. The van der Waals surface area contributed by atoms with Crippen LogP contribution in [-0.4, -0.2) is 38.7 Å². The van der Waals surface area contributed by atoms with Crippen molar-refractivity contribution >= 4 is 7.26 Å². The maximum absolute atomic E-state index is 3.65. The van der Waals surface area contributed by atoms with E-state index in [9.17, 15) is 0 Å². The topological polar surface area (TPSA) is 12.0 Å². The van der Waals surface area contributed by atoms with Gasteiger partial charge in [0.1, 0.15) is 0 Å². The molecule has 0 aromatic rings. The van der Waals surface area contributed by atoms with Gasteiger partial charge in [-0.1, -0.05) is 53.4 Å². The molecule has 128 valence electrons. The zero-order valence-electron chi connectivity index (χ0n) is 15.9. The summed E-state index contributed by atoms with van der Waals surface area (Å²) in [7, 11) is -0.620. The summed E-state index contributed by atoms with van der Waals surface area (Å²) in [6.07, 6.45) is 14.0. The predicted molar refractivity (Wildman–Crippen MR) is 103 cm³/mol. The molecule has 0 fully saturated rings. The normalized spacial score (nSPS) is 12.9. The van der Waals surface area contributed by atoms with E-state index in [2.05, 4.69) is 46.3 Å². The molecule has 0 aromatic heterocycles. The Kier molecular flexibility index (Phi) is 12.1. The van der Waals surface area contributed by atoms with Gasteiger partial charge in [0.25, 0.3) is 0 Å². The molecule has 0 atom stereocenters. The van der Waals surface area contributed by atoms with Crippen molar-refractivity contribution in [3.63, 3.8) is 0 Å². The van der Waals surface area contributed by atoms with E-state index in [4.69, 9.17) is 0 Å². The first-order valence-corrected chi connectivity index (χ1v) is 12.4. The Morgan fingerprint density at radius 1 is 0.762 bits per heavy atom. The Labute approximate surface area is 136 Å². The van der Waals surface area contributed by atoms with E-state index in [0.717, 1.165) is 0 Å². The van der Waals surface area contributed by atoms with E-state index >= 15 is 0 Å². The molecule has 0 spiro atoms. The maximum Gasteiger partial charge on any atom is 0.0594 e. The zero-order valence-corrected chi connectivity index (χ0v) is 16.8. The van der Waals surface area contributed by atoms with Crippen molar-refractivity contribution < 1.29 is 0 Å². The van der Waals surface area contributed by atoms with E-state index in [0.29, 0.717) is 5.41 Å². The van der Waals surface area contributed by atoms with Crippen LogP contribution in [0.1, 0.15) is 79.1 Å². The lowest BCUT2D eigenvalue weighted by atomic mass is 9.86. The van der Waals surface area contributed by atoms with Crippen molar-refractivity contribution in [2.24, 2.45) is 5.41 Å². The summed E-state index contributed by atoms with van der Waals surface area (Å²) in [6.45, 7) is 17.0. The molecule has 0 rings (SSSR count). The van der Waals surface area contributed by atoms with E-state index < -0.39 is 7.26 Å². The van der Waals surface area contributed by atoms with Crippen LogP contribution in [0.15, 0.2) is 0 Å². The van der Waals surface area contributed by atoms with Crippen molar-refractivity contribution in [1.82, 2.24) is 5.32 Å². The zero-order chi connectivity index (χ0) is 16.2. The van der Waals surface area contributed by atoms with Crippen LogP contribution in [0.5, 0.6) is 0 Å². The van der Waals surface area contributed by atoms with Gasteiger partial charge in [0, 0.05) is 20.6 Å². The molecule has 0 radical (unpaired) electrons. The maximum atomic E-state index is 3.65. The smallest absolute Gasteiger partial charge is 0.0594 e.